The van der Waals surface area contributed by atoms with Crippen LogP contribution in [-0.2, 0) is 23.1 Å². The van der Waals surface area contributed by atoms with Crippen molar-refractivity contribution in [1.29, 1.82) is 0 Å². The maximum absolute atomic E-state index is 12.6. The highest BCUT2D eigenvalue weighted by Gasteiger charge is 2.51. The monoisotopic (exact) mass is 584 g/mol. The summed E-state index contributed by atoms with van der Waals surface area (Å²) in [5.41, 5.74) is -0.418. The molecule has 1 heterocycles. The second-order valence-electron chi connectivity index (χ2n) is 14.6. The number of rotatable bonds is 10. The van der Waals surface area contributed by atoms with Crippen molar-refractivity contribution in [2.75, 3.05) is 6.61 Å². The van der Waals surface area contributed by atoms with Crippen molar-refractivity contribution >= 4 is 33.0 Å². The lowest BCUT2D eigenvalue weighted by molar-refractivity contribution is -0.161. The predicted molar refractivity (Wildman–Crippen MR) is 169 cm³/mol. The lowest BCUT2D eigenvalue weighted by Gasteiger charge is -2.44. The van der Waals surface area contributed by atoms with Gasteiger partial charge in [0.1, 0.15) is 0 Å². The van der Waals surface area contributed by atoms with E-state index in [9.17, 15) is 4.79 Å². The van der Waals surface area contributed by atoms with Crippen LogP contribution < -0.4 is 10.4 Å². The van der Waals surface area contributed by atoms with Crippen LogP contribution in [0.3, 0.4) is 0 Å². The summed E-state index contributed by atoms with van der Waals surface area (Å²) >= 11 is 0. The van der Waals surface area contributed by atoms with E-state index in [1.807, 2.05) is 20.8 Å². The first-order valence-corrected chi connectivity index (χ1v) is 19.5. The Morgan fingerprint density at radius 2 is 1.32 bits per heavy atom. The zero-order chi connectivity index (χ0) is 30.0. The highest BCUT2D eigenvalue weighted by Crippen LogP contribution is 2.41. The molecule has 0 unspecified atom stereocenters. The molecule has 1 saturated heterocycles. The minimum absolute atomic E-state index is 0.0238. The average Bonchev–Trinajstić information content (AvgIpc) is 3.19. The van der Waals surface area contributed by atoms with Gasteiger partial charge in [-0.1, -0.05) is 102 Å². The van der Waals surface area contributed by atoms with Gasteiger partial charge in [-0.3, -0.25) is 4.79 Å². The topological polar surface area (TPSA) is 54.0 Å². The summed E-state index contributed by atoms with van der Waals surface area (Å²) < 4.78 is 26.5. The molecule has 2 aromatic rings. The van der Waals surface area contributed by atoms with Crippen molar-refractivity contribution in [3.8, 4) is 0 Å². The average molecular weight is 585 g/mol. The number of carbonyl (C=O) groups excluding carboxylic acids is 1. The number of esters is 1. The van der Waals surface area contributed by atoms with Crippen molar-refractivity contribution in [1.82, 2.24) is 0 Å². The first-order valence-electron chi connectivity index (χ1n) is 14.7. The lowest BCUT2D eigenvalue weighted by atomic mass is 10.0. The molecule has 0 amide bonds. The zero-order valence-corrected chi connectivity index (χ0v) is 28.7. The van der Waals surface area contributed by atoms with E-state index in [0.29, 0.717) is 13.0 Å². The van der Waals surface area contributed by atoms with Crippen molar-refractivity contribution < 1.29 is 23.1 Å². The maximum Gasteiger partial charge on any atom is 0.308 e. The molecule has 0 saturated carbocycles. The molecular formula is C33H52O5Si2. The summed E-state index contributed by atoms with van der Waals surface area (Å²) in [6.07, 6.45) is -0.287. The number of ether oxygens (including phenoxy) is 2. The van der Waals surface area contributed by atoms with Gasteiger partial charge >= 0.3 is 5.97 Å². The Balaban J connectivity index is 1.94. The van der Waals surface area contributed by atoms with Gasteiger partial charge in [-0.05, 0) is 60.7 Å². The van der Waals surface area contributed by atoms with Crippen LogP contribution in [0.2, 0.25) is 23.2 Å². The van der Waals surface area contributed by atoms with Gasteiger partial charge in [0, 0.05) is 6.61 Å². The van der Waals surface area contributed by atoms with Crippen LogP contribution in [0.15, 0.2) is 60.7 Å². The van der Waals surface area contributed by atoms with Gasteiger partial charge < -0.3 is 18.3 Å². The number of hydrogen-bond donors (Lipinski definition) is 0. The van der Waals surface area contributed by atoms with Crippen molar-refractivity contribution in [2.45, 2.75) is 122 Å². The Labute approximate surface area is 245 Å². The summed E-state index contributed by atoms with van der Waals surface area (Å²) in [5.74, 6) is -0.218. The minimum Gasteiger partial charge on any atom is -0.457 e. The third-order valence-corrected chi connectivity index (χ3v) is 17.8. The summed E-state index contributed by atoms with van der Waals surface area (Å²) in [6.45, 7) is 24.5. The third kappa shape index (κ3) is 7.54. The van der Waals surface area contributed by atoms with Crippen LogP contribution >= 0.6 is 0 Å². The summed E-state index contributed by atoms with van der Waals surface area (Å²) in [5, 5.41) is 2.39. The van der Waals surface area contributed by atoms with E-state index in [4.69, 9.17) is 18.3 Å². The van der Waals surface area contributed by atoms with Gasteiger partial charge in [0.15, 0.2) is 14.4 Å². The van der Waals surface area contributed by atoms with E-state index in [1.165, 1.54) is 10.4 Å². The SMILES string of the molecule is CC(C)(C)O[C@H](CCO[Si](c1ccccc1)(c1ccccc1)C(C)(C)C)[C@@H]1OC(=O)C[C@H]1O[Si](C)(C)C(C)(C)C. The van der Waals surface area contributed by atoms with E-state index >= 15 is 0 Å². The molecule has 0 radical (unpaired) electrons. The largest absolute Gasteiger partial charge is 0.457 e. The van der Waals surface area contributed by atoms with E-state index in [-0.39, 0.29) is 34.7 Å². The fraction of sp³-hybridized carbons (Fsp3) is 0.606. The van der Waals surface area contributed by atoms with E-state index < -0.39 is 28.3 Å². The fourth-order valence-corrected chi connectivity index (χ4v) is 11.3. The Morgan fingerprint density at radius 1 is 0.825 bits per heavy atom. The van der Waals surface area contributed by atoms with Gasteiger partial charge in [0.2, 0.25) is 0 Å². The van der Waals surface area contributed by atoms with Crippen LogP contribution in [-0.4, -0.2) is 53.1 Å². The van der Waals surface area contributed by atoms with Crippen LogP contribution in [0, 0.1) is 0 Å². The van der Waals surface area contributed by atoms with Gasteiger partial charge in [-0.15, -0.1) is 0 Å². The van der Waals surface area contributed by atoms with Gasteiger partial charge in [0.05, 0.1) is 24.2 Å². The lowest BCUT2D eigenvalue weighted by Crippen LogP contribution is -2.66. The Hall–Kier alpha value is -1.78. The molecule has 0 aliphatic carbocycles. The number of benzene rings is 2. The zero-order valence-electron chi connectivity index (χ0n) is 26.7. The van der Waals surface area contributed by atoms with Crippen LogP contribution in [0.4, 0.5) is 0 Å². The van der Waals surface area contributed by atoms with E-state index in [0.717, 1.165) is 0 Å². The Morgan fingerprint density at radius 3 is 1.75 bits per heavy atom. The van der Waals surface area contributed by atoms with Crippen molar-refractivity contribution in [3.63, 3.8) is 0 Å². The molecule has 1 fully saturated rings. The van der Waals surface area contributed by atoms with Gasteiger partial charge in [0.25, 0.3) is 8.32 Å². The molecule has 2 aromatic carbocycles. The third-order valence-electron chi connectivity index (χ3n) is 8.26. The van der Waals surface area contributed by atoms with Gasteiger partial charge in [-0.2, -0.15) is 0 Å². The molecule has 3 atom stereocenters. The number of cyclic esters (lactones) is 1. The summed E-state index contributed by atoms with van der Waals surface area (Å²) in [4.78, 5) is 12.6. The second-order valence-corrected chi connectivity index (χ2v) is 23.7. The molecule has 0 aromatic heterocycles. The highest BCUT2D eigenvalue weighted by molar-refractivity contribution is 6.99. The molecule has 222 valence electrons. The molecule has 0 spiro atoms. The minimum atomic E-state index is -2.70. The summed E-state index contributed by atoms with van der Waals surface area (Å²) in [6, 6.07) is 21.3. The second kappa shape index (κ2) is 12.2. The molecule has 7 heteroatoms. The smallest absolute Gasteiger partial charge is 0.308 e. The molecule has 0 N–H and O–H groups in total. The van der Waals surface area contributed by atoms with Crippen LogP contribution in [0.25, 0.3) is 0 Å². The fourth-order valence-electron chi connectivity index (χ4n) is 5.37. The molecule has 5 nitrogen and oxygen atoms in total. The number of hydrogen-bond acceptors (Lipinski definition) is 5. The van der Waals surface area contributed by atoms with Crippen molar-refractivity contribution in [2.24, 2.45) is 0 Å². The van der Waals surface area contributed by atoms with Crippen LogP contribution in [0.5, 0.6) is 0 Å². The molecule has 40 heavy (non-hydrogen) atoms. The first kappa shape index (κ1) is 32.7. The normalized spacial score (nSPS) is 19.9. The Kier molecular flexibility index (Phi) is 10.00. The molecule has 3 rings (SSSR count). The van der Waals surface area contributed by atoms with E-state index in [1.54, 1.807) is 0 Å². The standard InChI is InChI=1S/C33H52O5Si2/c1-31(2,3)37-27(30-28(24-29(34)36-30)38-39(10,11)32(4,5)6)22-23-35-40(33(7,8)9,25-18-14-12-15-19-25)26-20-16-13-17-21-26/h12-21,27-28,30H,22-24H2,1-11H3/t27-,28-,30+/m1/s1. The predicted octanol–water partition coefficient (Wildman–Crippen LogP) is 6.84. The Bertz CT molecular complexity index is 1060. The van der Waals surface area contributed by atoms with E-state index in [2.05, 4.69) is 115 Å². The molecule has 1 aliphatic rings. The number of carbonyl (C=O) groups is 1. The highest BCUT2D eigenvalue weighted by atomic mass is 28.4. The van der Waals surface area contributed by atoms with Gasteiger partial charge in [-0.25, -0.2) is 0 Å². The molecular weight excluding hydrogens is 533 g/mol. The quantitative estimate of drug-likeness (QED) is 0.226. The first-order chi connectivity index (χ1) is 18.4. The van der Waals surface area contributed by atoms with Crippen LogP contribution in [0.1, 0.15) is 75.2 Å². The molecule has 1 aliphatic heterocycles. The molecule has 0 bridgehead atoms. The summed E-state index contributed by atoms with van der Waals surface area (Å²) in [7, 11) is -4.83. The maximum atomic E-state index is 12.6. The van der Waals surface area contributed by atoms with Crippen molar-refractivity contribution in [3.05, 3.63) is 60.7 Å².